The van der Waals surface area contributed by atoms with Crippen LogP contribution in [0.1, 0.15) is 5.56 Å². The first-order chi connectivity index (χ1) is 11.6. The molecule has 0 aliphatic rings. The highest BCUT2D eigenvalue weighted by molar-refractivity contribution is 7.80. The molecule has 0 fully saturated rings. The van der Waals surface area contributed by atoms with Gasteiger partial charge in [-0.1, -0.05) is 23.2 Å². The molecule has 122 valence electrons. The summed E-state index contributed by atoms with van der Waals surface area (Å²) in [6, 6.07) is 14.1. The zero-order chi connectivity index (χ0) is 17.4. The highest BCUT2D eigenvalue weighted by Crippen LogP contribution is 2.25. The van der Waals surface area contributed by atoms with E-state index in [-0.39, 0.29) is 6.61 Å². The molecule has 24 heavy (non-hydrogen) atoms. The molecule has 2 rings (SSSR count). The molecule has 0 heterocycles. The molecule has 5 nitrogen and oxygen atoms in total. The van der Waals surface area contributed by atoms with Crippen molar-refractivity contribution in [3.63, 3.8) is 0 Å². The second kappa shape index (κ2) is 9.08. The highest BCUT2D eigenvalue weighted by Gasteiger charge is 2.02. The number of nitrogens with one attached hydrogen (secondary N) is 2. The lowest BCUT2D eigenvalue weighted by Gasteiger charge is -2.08. The summed E-state index contributed by atoms with van der Waals surface area (Å²) >= 11 is 17.0. The standard InChI is InChI=1S/C16H12Cl2N4OS/c17-12-3-6-15(14(18)9-12)21-16(24)22-20-10-11-1-4-13(5-2-11)23-8-7-19/h1-6,9-10H,8H2,(H2,21,22,24)/b20-10-. The minimum atomic E-state index is 0.0161. The molecule has 8 heteroatoms. The average molecular weight is 379 g/mol. The molecule has 0 saturated heterocycles. The molecule has 0 saturated carbocycles. The zero-order valence-corrected chi connectivity index (χ0v) is 14.6. The number of nitrogens with zero attached hydrogens (tertiary/aromatic N) is 2. The van der Waals surface area contributed by atoms with Gasteiger partial charge in [0.05, 0.1) is 16.9 Å². The van der Waals surface area contributed by atoms with Crippen molar-refractivity contribution in [2.45, 2.75) is 0 Å². The Kier molecular flexibility index (Phi) is 6.82. The average Bonchev–Trinajstić information content (AvgIpc) is 2.57. The number of hydrogen-bond donors (Lipinski definition) is 2. The van der Waals surface area contributed by atoms with Gasteiger partial charge in [0.25, 0.3) is 0 Å². The number of thiocarbonyl (C=S) groups is 1. The summed E-state index contributed by atoms with van der Waals surface area (Å²) in [6.45, 7) is 0.0161. The van der Waals surface area contributed by atoms with E-state index in [1.165, 1.54) is 0 Å². The van der Waals surface area contributed by atoms with E-state index in [4.69, 9.17) is 45.4 Å². The molecule has 0 aliphatic carbocycles. The van der Waals surface area contributed by atoms with Crippen molar-refractivity contribution < 1.29 is 4.74 Å². The van der Waals surface area contributed by atoms with Crippen molar-refractivity contribution in [2.24, 2.45) is 5.10 Å². The number of nitriles is 1. The molecule has 0 radical (unpaired) electrons. The number of anilines is 1. The van der Waals surface area contributed by atoms with Crippen molar-refractivity contribution in [3.05, 3.63) is 58.1 Å². The predicted octanol–water partition coefficient (Wildman–Crippen LogP) is 4.22. The van der Waals surface area contributed by atoms with E-state index in [2.05, 4.69) is 15.8 Å². The van der Waals surface area contributed by atoms with Gasteiger partial charge in [-0.2, -0.15) is 10.4 Å². The van der Waals surface area contributed by atoms with Crippen LogP contribution < -0.4 is 15.5 Å². The third-order valence-electron chi connectivity index (χ3n) is 2.74. The SMILES string of the molecule is N#CCOc1ccc(/C=N\NC(=S)Nc2ccc(Cl)cc2Cl)cc1. The van der Waals surface area contributed by atoms with E-state index >= 15 is 0 Å². The van der Waals surface area contributed by atoms with Gasteiger partial charge in [0.15, 0.2) is 11.7 Å². The molecule has 0 unspecified atom stereocenters. The molecular formula is C16H12Cl2N4OS. The molecule has 0 bridgehead atoms. The lowest BCUT2D eigenvalue weighted by atomic mass is 10.2. The first kappa shape index (κ1) is 18.0. The van der Waals surface area contributed by atoms with Crippen LogP contribution in [0.5, 0.6) is 5.75 Å². The Hall–Kier alpha value is -2.33. The van der Waals surface area contributed by atoms with Crippen LogP contribution in [0.4, 0.5) is 5.69 Å². The van der Waals surface area contributed by atoms with Crippen LogP contribution in [0.15, 0.2) is 47.6 Å². The molecule has 0 atom stereocenters. The number of ether oxygens (including phenoxy) is 1. The largest absolute Gasteiger partial charge is 0.479 e. The third kappa shape index (κ3) is 5.70. The Morgan fingerprint density at radius 1 is 1.25 bits per heavy atom. The van der Waals surface area contributed by atoms with E-state index < -0.39 is 0 Å². The summed E-state index contributed by atoms with van der Waals surface area (Å²) in [5.74, 6) is 0.622. The minimum Gasteiger partial charge on any atom is -0.479 e. The Morgan fingerprint density at radius 3 is 2.67 bits per heavy atom. The van der Waals surface area contributed by atoms with Crippen LogP contribution in [-0.2, 0) is 0 Å². The maximum Gasteiger partial charge on any atom is 0.191 e. The summed E-state index contributed by atoms with van der Waals surface area (Å²) in [7, 11) is 0. The van der Waals surface area contributed by atoms with Gasteiger partial charge in [0.1, 0.15) is 11.8 Å². The van der Waals surface area contributed by atoms with Crippen molar-refractivity contribution in [1.82, 2.24) is 5.43 Å². The lowest BCUT2D eigenvalue weighted by molar-refractivity contribution is 0.368. The molecule has 0 spiro atoms. The quantitative estimate of drug-likeness (QED) is 0.463. The van der Waals surface area contributed by atoms with Crippen molar-refractivity contribution in [2.75, 3.05) is 11.9 Å². The first-order valence-corrected chi connectivity index (χ1v) is 7.90. The van der Waals surface area contributed by atoms with Gasteiger partial charge in [0.2, 0.25) is 0 Å². The first-order valence-electron chi connectivity index (χ1n) is 6.73. The normalized spacial score (nSPS) is 10.2. The van der Waals surface area contributed by atoms with Crippen LogP contribution >= 0.6 is 35.4 Å². The minimum absolute atomic E-state index is 0.0161. The highest BCUT2D eigenvalue weighted by atomic mass is 35.5. The van der Waals surface area contributed by atoms with Crippen molar-refractivity contribution in [3.8, 4) is 11.8 Å². The van der Waals surface area contributed by atoms with Gasteiger partial charge in [-0.05, 0) is 60.2 Å². The molecule has 2 N–H and O–H groups in total. The van der Waals surface area contributed by atoms with Gasteiger partial charge in [0, 0.05) is 5.02 Å². The number of hydrazone groups is 1. The smallest absolute Gasteiger partial charge is 0.191 e. The fraction of sp³-hybridized carbons (Fsp3) is 0.0625. The summed E-state index contributed by atoms with van der Waals surface area (Å²) in [6.07, 6.45) is 1.60. The molecule has 0 aromatic heterocycles. The third-order valence-corrected chi connectivity index (χ3v) is 3.48. The fourth-order valence-corrected chi connectivity index (χ4v) is 2.29. The topological polar surface area (TPSA) is 69.4 Å². The zero-order valence-electron chi connectivity index (χ0n) is 12.3. The van der Waals surface area contributed by atoms with Crippen LogP contribution in [0.2, 0.25) is 10.0 Å². The van der Waals surface area contributed by atoms with Gasteiger partial charge in [-0.25, -0.2) is 0 Å². The van der Waals surface area contributed by atoms with E-state index in [9.17, 15) is 0 Å². The summed E-state index contributed by atoms with van der Waals surface area (Å²) in [5.41, 5.74) is 4.17. The Balaban J connectivity index is 1.86. The Morgan fingerprint density at radius 2 is 2.00 bits per heavy atom. The van der Waals surface area contributed by atoms with E-state index in [0.717, 1.165) is 5.56 Å². The maximum atomic E-state index is 8.45. The van der Waals surface area contributed by atoms with Crippen molar-refractivity contribution in [1.29, 1.82) is 5.26 Å². The maximum absolute atomic E-state index is 8.45. The lowest BCUT2D eigenvalue weighted by Crippen LogP contribution is -2.24. The predicted molar refractivity (Wildman–Crippen MR) is 101 cm³/mol. The summed E-state index contributed by atoms with van der Waals surface area (Å²) < 4.78 is 5.16. The number of rotatable bonds is 5. The van der Waals surface area contributed by atoms with Gasteiger partial charge in [-0.15, -0.1) is 0 Å². The number of benzene rings is 2. The van der Waals surface area contributed by atoms with Crippen LogP contribution in [0, 0.1) is 11.3 Å². The Bertz CT molecular complexity index is 788. The van der Waals surface area contributed by atoms with Crippen LogP contribution in [0.3, 0.4) is 0 Å². The molecule has 2 aromatic carbocycles. The Labute approximate surface area is 154 Å². The van der Waals surface area contributed by atoms with Gasteiger partial charge < -0.3 is 10.1 Å². The second-order valence-electron chi connectivity index (χ2n) is 4.46. The number of halogens is 2. The molecular weight excluding hydrogens is 367 g/mol. The second-order valence-corrected chi connectivity index (χ2v) is 5.72. The monoisotopic (exact) mass is 378 g/mol. The van der Waals surface area contributed by atoms with E-state index in [0.29, 0.717) is 26.6 Å². The van der Waals surface area contributed by atoms with Crippen molar-refractivity contribution >= 4 is 52.4 Å². The molecule has 0 amide bonds. The summed E-state index contributed by atoms with van der Waals surface area (Å²) in [4.78, 5) is 0. The molecule has 0 aliphatic heterocycles. The fourth-order valence-electron chi connectivity index (χ4n) is 1.67. The van der Waals surface area contributed by atoms with Crippen LogP contribution in [-0.4, -0.2) is 17.9 Å². The number of hydrogen-bond acceptors (Lipinski definition) is 4. The summed E-state index contributed by atoms with van der Waals surface area (Å²) in [5, 5.41) is 16.7. The van der Waals surface area contributed by atoms with Crippen LogP contribution in [0.25, 0.3) is 0 Å². The van der Waals surface area contributed by atoms with E-state index in [1.807, 2.05) is 18.2 Å². The van der Waals surface area contributed by atoms with Gasteiger partial charge in [-0.3, -0.25) is 5.43 Å². The van der Waals surface area contributed by atoms with E-state index in [1.54, 1.807) is 36.5 Å². The molecule has 2 aromatic rings. The van der Waals surface area contributed by atoms with Gasteiger partial charge >= 0.3 is 0 Å².